The summed E-state index contributed by atoms with van der Waals surface area (Å²) in [6.07, 6.45) is 2.40. The standard InChI is InChI=1S/C27H29FN4O4/c1-27(2,3)36-26(35)32-11-9-19(10-12-32)30-24(33)23-8-7-17(15-29-23)5-6-18-13-20-21(22(28)14-18)16-31(4)25(20)34/h7-8,13-15,19H,9-12,16H2,1-4H3,(H,30,33). The molecule has 8 nitrogen and oxygen atoms in total. The van der Waals surface area contributed by atoms with Gasteiger partial charge >= 0.3 is 6.09 Å². The van der Waals surface area contributed by atoms with Gasteiger partial charge in [0.15, 0.2) is 0 Å². The van der Waals surface area contributed by atoms with Gasteiger partial charge < -0.3 is 19.9 Å². The molecule has 0 aliphatic carbocycles. The van der Waals surface area contributed by atoms with Crippen molar-refractivity contribution in [1.29, 1.82) is 0 Å². The van der Waals surface area contributed by atoms with E-state index >= 15 is 0 Å². The maximum absolute atomic E-state index is 14.4. The molecule has 0 radical (unpaired) electrons. The first-order valence-electron chi connectivity index (χ1n) is 11.8. The lowest BCUT2D eigenvalue weighted by Gasteiger charge is -2.33. The molecule has 188 valence electrons. The molecule has 0 atom stereocenters. The van der Waals surface area contributed by atoms with Crippen LogP contribution in [0.1, 0.15) is 71.1 Å². The van der Waals surface area contributed by atoms with Crippen LogP contribution >= 0.6 is 0 Å². The molecule has 1 N–H and O–H groups in total. The number of piperidine rings is 1. The molecule has 36 heavy (non-hydrogen) atoms. The third-order valence-electron chi connectivity index (χ3n) is 6.00. The lowest BCUT2D eigenvalue weighted by atomic mass is 10.0. The van der Waals surface area contributed by atoms with Crippen molar-refractivity contribution < 1.29 is 23.5 Å². The van der Waals surface area contributed by atoms with Gasteiger partial charge in [-0.25, -0.2) is 14.2 Å². The zero-order chi connectivity index (χ0) is 26.0. The lowest BCUT2D eigenvalue weighted by molar-refractivity contribution is 0.0199. The highest BCUT2D eigenvalue weighted by Crippen LogP contribution is 2.25. The van der Waals surface area contributed by atoms with Crippen molar-refractivity contribution >= 4 is 17.9 Å². The third-order valence-corrected chi connectivity index (χ3v) is 6.00. The Morgan fingerprint density at radius 2 is 1.83 bits per heavy atom. The van der Waals surface area contributed by atoms with Gasteiger partial charge in [-0.3, -0.25) is 9.59 Å². The van der Waals surface area contributed by atoms with Crippen LogP contribution in [-0.2, 0) is 11.3 Å². The van der Waals surface area contributed by atoms with Gasteiger partial charge in [0.1, 0.15) is 17.1 Å². The van der Waals surface area contributed by atoms with Crippen LogP contribution in [0.3, 0.4) is 0 Å². The number of amides is 3. The van der Waals surface area contributed by atoms with E-state index in [1.807, 2.05) is 20.8 Å². The second kappa shape index (κ2) is 9.97. The van der Waals surface area contributed by atoms with Crippen molar-refractivity contribution in [3.8, 4) is 11.8 Å². The number of nitrogens with one attached hydrogen (secondary N) is 1. The minimum atomic E-state index is -0.544. The number of aromatic nitrogens is 1. The van der Waals surface area contributed by atoms with Crippen molar-refractivity contribution in [2.24, 2.45) is 0 Å². The Morgan fingerprint density at radius 1 is 1.14 bits per heavy atom. The van der Waals surface area contributed by atoms with Gasteiger partial charge in [0.25, 0.3) is 11.8 Å². The molecule has 3 amide bonds. The fourth-order valence-corrected chi connectivity index (χ4v) is 4.11. The molecule has 0 spiro atoms. The number of hydrogen-bond acceptors (Lipinski definition) is 5. The lowest BCUT2D eigenvalue weighted by Crippen LogP contribution is -2.47. The SMILES string of the molecule is CN1Cc2c(F)cc(C#Cc3ccc(C(=O)NC4CCN(C(=O)OC(C)(C)C)CC4)nc3)cc2C1=O. The summed E-state index contributed by atoms with van der Waals surface area (Å²) in [5, 5.41) is 2.96. The second-order valence-corrected chi connectivity index (χ2v) is 10.0. The van der Waals surface area contributed by atoms with Crippen LogP contribution in [0.15, 0.2) is 30.5 Å². The first-order chi connectivity index (χ1) is 17.0. The van der Waals surface area contributed by atoms with Crippen molar-refractivity contribution in [3.63, 3.8) is 0 Å². The quantitative estimate of drug-likeness (QED) is 0.650. The van der Waals surface area contributed by atoms with Crippen molar-refractivity contribution in [2.75, 3.05) is 20.1 Å². The molecule has 2 aliphatic rings. The zero-order valence-corrected chi connectivity index (χ0v) is 20.9. The number of carbonyl (C=O) groups excluding carboxylic acids is 3. The molecule has 1 aromatic carbocycles. The predicted octanol–water partition coefficient (Wildman–Crippen LogP) is 3.34. The molecule has 0 saturated carbocycles. The summed E-state index contributed by atoms with van der Waals surface area (Å²) in [6, 6.07) is 6.11. The maximum atomic E-state index is 14.4. The van der Waals surface area contributed by atoms with E-state index in [1.165, 1.54) is 17.2 Å². The van der Waals surface area contributed by atoms with Gasteiger partial charge in [-0.2, -0.15) is 0 Å². The summed E-state index contributed by atoms with van der Waals surface area (Å²) in [7, 11) is 1.63. The van der Waals surface area contributed by atoms with E-state index in [9.17, 15) is 18.8 Å². The molecule has 9 heteroatoms. The van der Waals surface area contributed by atoms with E-state index in [2.05, 4.69) is 22.1 Å². The Balaban J connectivity index is 1.33. The van der Waals surface area contributed by atoms with Gasteiger partial charge in [0, 0.05) is 61.2 Å². The van der Waals surface area contributed by atoms with Gasteiger partial charge in [0.05, 0.1) is 0 Å². The largest absolute Gasteiger partial charge is 0.444 e. The van der Waals surface area contributed by atoms with Gasteiger partial charge in [-0.1, -0.05) is 11.8 Å². The maximum Gasteiger partial charge on any atom is 0.410 e. The van der Waals surface area contributed by atoms with Crippen LogP contribution in [0.2, 0.25) is 0 Å². The van der Waals surface area contributed by atoms with E-state index in [0.717, 1.165) is 0 Å². The molecule has 0 bridgehead atoms. The first kappa shape index (κ1) is 25.2. The highest BCUT2D eigenvalue weighted by molar-refractivity contribution is 5.98. The van der Waals surface area contributed by atoms with E-state index < -0.39 is 11.4 Å². The highest BCUT2D eigenvalue weighted by Gasteiger charge is 2.29. The average Bonchev–Trinajstić information content (AvgIpc) is 3.11. The Hall–Kier alpha value is -3.93. The zero-order valence-electron chi connectivity index (χ0n) is 20.9. The molecule has 2 aliphatic heterocycles. The van der Waals surface area contributed by atoms with Gasteiger partial charge in [-0.15, -0.1) is 0 Å². The Bertz CT molecular complexity index is 1250. The molecule has 0 unspecified atom stereocenters. The van der Waals surface area contributed by atoms with Crippen LogP contribution in [-0.4, -0.2) is 64.5 Å². The summed E-state index contributed by atoms with van der Waals surface area (Å²) in [6.45, 7) is 6.75. The first-order valence-corrected chi connectivity index (χ1v) is 11.8. The summed E-state index contributed by atoms with van der Waals surface area (Å²) >= 11 is 0. The fourth-order valence-electron chi connectivity index (χ4n) is 4.11. The predicted molar refractivity (Wildman–Crippen MR) is 131 cm³/mol. The molecule has 4 rings (SSSR count). The molecular formula is C27H29FN4O4. The van der Waals surface area contributed by atoms with Gasteiger partial charge in [-0.05, 0) is 57.9 Å². The molecule has 2 aromatic rings. The average molecular weight is 493 g/mol. The number of benzene rings is 1. The molecule has 1 aromatic heterocycles. The number of ether oxygens (including phenoxy) is 1. The van der Waals surface area contributed by atoms with E-state index in [0.29, 0.717) is 48.2 Å². The monoisotopic (exact) mass is 492 g/mol. The third kappa shape index (κ3) is 5.82. The number of carbonyl (C=O) groups is 3. The molecular weight excluding hydrogens is 463 g/mol. The van der Waals surface area contributed by atoms with E-state index in [4.69, 9.17) is 4.74 Å². The Labute approximate surface area is 209 Å². The van der Waals surface area contributed by atoms with Gasteiger partial charge in [0.2, 0.25) is 0 Å². The molecule has 3 heterocycles. The number of hydrogen-bond donors (Lipinski definition) is 1. The van der Waals surface area contributed by atoms with Crippen molar-refractivity contribution in [1.82, 2.24) is 20.1 Å². The summed E-state index contributed by atoms with van der Waals surface area (Å²) in [5.41, 5.74) is 1.39. The van der Waals surface area contributed by atoms with E-state index in [-0.39, 0.29) is 36.2 Å². The second-order valence-electron chi connectivity index (χ2n) is 10.0. The summed E-state index contributed by atoms with van der Waals surface area (Å²) in [4.78, 5) is 44.3. The van der Waals surface area contributed by atoms with E-state index in [1.54, 1.807) is 30.1 Å². The molecule has 1 fully saturated rings. The van der Waals surface area contributed by atoms with Crippen molar-refractivity contribution in [2.45, 2.75) is 51.8 Å². The summed E-state index contributed by atoms with van der Waals surface area (Å²) < 4.78 is 19.8. The van der Waals surface area contributed by atoms with Crippen LogP contribution < -0.4 is 5.32 Å². The summed E-state index contributed by atoms with van der Waals surface area (Å²) in [5.74, 6) is 4.80. The Kier molecular flexibility index (Phi) is 6.97. The number of likely N-dealkylation sites (tertiary alicyclic amines) is 1. The topological polar surface area (TPSA) is 91.8 Å². The number of fused-ring (bicyclic) bond motifs is 1. The number of halogens is 1. The number of rotatable bonds is 2. The minimum absolute atomic E-state index is 0.0612. The van der Waals surface area contributed by atoms with Crippen LogP contribution in [0.5, 0.6) is 0 Å². The van der Waals surface area contributed by atoms with Crippen LogP contribution in [0.25, 0.3) is 0 Å². The fraction of sp³-hybridized carbons (Fsp3) is 0.407. The normalized spacial score (nSPS) is 15.8. The highest BCUT2D eigenvalue weighted by atomic mass is 19.1. The number of pyridine rings is 1. The Morgan fingerprint density at radius 3 is 2.47 bits per heavy atom. The van der Waals surface area contributed by atoms with Crippen LogP contribution in [0.4, 0.5) is 9.18 Å². The van der Waals surface area contributed by atoms with Crippen LogP contribution in [0, 0.1) is 17.7 Å². The number of nitrogens with zero attached hydrogens (tertiary/aromatic N) is 3. The minimum Gasteiger partial charge on any atom is -0.444 e. The smallest absolute Gasteiger partial charge is 0.410 e. The molecule has 1 saturated heterocycles. The van der Waals surface area contributed by atoms with Crippen molar-refractivity contribution in [3.05, 3.63) is 64.2 Å².